The predicted octanol–water partition coefficient (Wildman–Crippen LogP) is 2.34. The van der Waals surface area contributed by atoms with Crippen molar-refractivity contribution >= 4 is 0 Å². The molecule has 3 rings (SSSR count). The Hall–Kier alpha value is -1.88. The summed E-state index contributed by atoms with van der Waals surface area (Å²) < 4.78 is 10.6. The summed E-state index contributed by atoms with van der Waals surface area (Å²) in [6.45, 7) is 0. The topological polar surface area (TPSA) is 74.2 Å². The molecule has 19 heavy (non-hydrogen) atoms. The van der Waals surface area contributed by atoms with Gasteiger partial charge in [0.05, 0.1) is 7.11 Å². The lowest BCUT2D eigenvalue weighted by Gasteiger charge is -2.02. The van der Waals surface area contributed by atoms with Gasteiger partial charge in [-0.05, 0) is 31.4 Å². The largest absolute Gasteiger partial charge is 0.497 e. The summed E-state index contributed by atoms with van der Waals surface area (Å²) in [5.41, 5.74) is 6.81. The van der Waals surface area contributed by atoms with Crippen molar-refractivity contribution in [3.8, 4) is 17.1 Å². The molecular weight excluding hydrogens is 242 g/mol. The minimum atomic E-state index is 0.261. The number of hydrogen-bond donors (Lipinski definition) is 1. The smallest absolute Gasteiger partial charge is 0.230 e. The number of methoxy groups -OCH3 is 1. The molecule has 0 bridgehead atoms. The zero-order valence-electron chi connectivity index (χ0n) is 10.9. The fourth-order valence-corrected chi connectivity index (χ4v) is 2.52. The second-order valence-corrected chi connectivity index (χ2v) is 4.96. The molecule has 1 heterocycles. The van der Waals surface area contributed by atoms with Gasteiger partial charge in [-0.3, -0.25) is 0 Å². The Balaban J connectivity index is 1.84. The van der Waals surface area contributed by atoms with Gasteiger partial charge in [-0.25, -0.2) is 0 Å². The molecule has 5 heteroatoms. The molecule has 0 radical (unpaired) electrons. The van der Waals surface area contributed by atoms with E-state index in [9.17, 15) is 0 Å². The van der Waals surface area contributed by atoms with Crippen LogP contribution in [0.3, 0.4) is 0 Å². The maximum absolute atomic E-state index is 5.91. The fraction of sp³-hybridized carbons (Fsp3) is 0.429. The number of aromatic nitrogens is 2. The second-order valence-electron chi connectivity index (χ2n) is 4.96. The molecule has 1 aromatic carbocycles. The number of hydrogen-bond acceptors (Lipinski definition) is 5. The summed E-state index contributed by atoms with van der Waals surface area (Å²) >= 11 is 0. The van der Waals surface area contributed by atoms with Crippen LogP contribution in [-0.2, 0) is 0 Å². The van der Waals surface area contributed by atoms with Crippen LogP contribution >= 0.6 is 0 Å². The molecule has 0 saturated heterocycles. The Morgan fingerprint density at radius 2 is 2.26 bits per heavy atom. The van der Waals surface area contributed by atoms with Gasteiger partial charge in [0.2, 0.25) is 11.7 Å². The van der Waals surface area contributed by atoms with Gasteiger partial charge in [0.25, 0.3) is 0 Å². The Morgan fingerprint density at radius 3 is 3.00 bits per heavy atom. The fourth-order valence-electron chi connectivity index (χ4n) is 2.52. The van der Waals surface area contributed by atoms with Crippen LogP contribution in [0.5, 0.6) is 5.75 Å². The third kappa shape index (κ3) is 2.46. The molecule has 2 N–H and O–H groups in total. The van der Waals surface area contributed by atoms with Crippen LogP contribution in [0.15, 0.2) is 28.8 Å². The SMILES string of the molecule is COc1cccc(-c2noc(C3CCC(N)C3)n2)c1. The third-order valence-corrected chi connectivity index (χ3v) is 3.59. The number of ether oxygens (including phenoxy) is 1. The molecule has 1 aliphatic carbocycles. The minimum absolute atomic E-state index is 0.261. The van der Waals surface area contributed by atoms with E-state index >= 15 is 0 Å². The Labute approximate surface area is 111 Å². The van der Waals surface area contributed by atoms with Crippen LogP contribution in [0.4, 0.5) is 0 Å². The predicted molar refractivity (Wildman–Crippen MR) is 70.9 cm³/mol. The highest BCUT2D eigenvalue weighted by molar-refractivity contribution is 5.56. The van der Waals surface area contributed by atoms with Gasteiger partial charge in [-0.15, -0.1) is 0 Å². The van der Waals surface area contributed by atoms with E-state index in [1.807, 2.05) is 24.3 Å². The first-order valence-electron chi connectivity index (χ1n) is 6.50. The van der Waals surface area contributed by atoms with Crippen molar-refractivity contribution in [2.45, 2.75) is 31.2 Å². The molecule has 2 aromatic rings. The molecule has 1 fully saturated rings. The standard InChI is InChI=1S/C14H17N3O2/c1-18-12-4-2-3-9(8-12)13-16-14(19-17-13)10-5-6-11(15)7-10/h2-4,8,10-11H,5-7,15H2,1H3. The van der Waals surface area contributed by atoms with Crippen LogP contribution in [0.25, 0.3) is 11.4 Å². The number of rotatable bonds is 3. The lowest BCUT2D eigenvalue weighted by molar-refractivity contribution is 0.353. The molecule has 0 aliphatic heterocycles. The van der Waals surface area contributed by atoms with Gasteiger partial charge in [0.1, 0.15) is 5.75 Å². The first-order valence-corrected chi connectivity index (χ1v) is 6.50. The molecule has 5 nitrogen and oxygen atoms in total. The van der Waals surface area contributed by atoms with Gasteiger partial charge in [-0.2, -0.15) is 4.98 Å². The molecule has 2 atom stereocenters. The highest BCUT2D eigenvalue weighted by atomic mass is 16.5. The zero-order chi connectivity index (χ0) is 13.2. The highest BCUT2D eigenvalue weighted by Gasteiger charge is 2.27. The zero-order valence-corrected chi connectivity index (χ0v) is 10.9. The van der Waals surface area contributed by atoms with E-state index in [4.69, 9.17) is 15.0 Å². The average molecular weight is 259 g/mol. The summed E-state index contributed by atoms with van der Waals surface area (Å²) in [5, 5.41) is 4.05. The van der Waals surface area contributed by atoms with Gasteiger partial charge in [-0.1, -0.05) is 17.3 Å². The van der Waals surface area contributed by atoms with Crippen molar-refractivity contribution in [2.24, 2.45) is 5.73 Å². The van der Waals surface area contributed by atoms with Gasteiger partial charge < -0.3 is 15.0 Å². The summed E-state index contributed by atoms with van der Waals surface area (Å²) in [4.78, 5) is 4.48. The molecule has 100 valence electrons. The summed E-state index contributed by atoms with van der Waals surface area (Å²) in [6, 6.07) is 7.90. The second kappa shape index (κ2) is 5.01. The first-order chi connectivity index (χ1) is 9.26. The van der Waals surface area contributed by atoms with E-state index in [2.05, 4.69) is 10.1 Å². The van der Waals surface area contributed by atoms with Crippen molar-refractivity contribution in [1.29, 1.82) is 0 Å². The van der Waals surface area contributed by atoms with E-state index in [0.717, 1.165) is 30.6 Å². The molecule has 0 spiro atoms. The lowest BCUT2D eigenvalue weighted by Crippen LogP contribution is -2.14. The molecule has 1 aliphatic rings. The van der Waals surface area contributed by atoms with E-state index in [-0.39, 0.29) is 6.04 Å². The molecule has 1 aromatic heterocycles. The highest BCUT2D eigenvalue weighted by Crippen LogP contribution is 2.33. The number of nitrogens with zero attached hydrogens (tertiary/aromatic N) is 2. The molecular formula is C14H17N3O2. The van der Waals surface area contributed by atoms with Crippen LogP contribution in [0, 0.1) is 0 Å². The Morgan fingerprint density at radius 1 is 1.37 bits per heavy atom. The van der Waals surface area contributed by atoms with Crippen molar-refractivity contribution in [3.63, 3.8) is 0 Å². The number of benzene rings is 1. The summed E-state index contributed by atoms with van der Waals surface area (Å²) in [7, 11) is 1.64. The summed E-state index contributed by atoms with van der Waals surface area (Å²) in [5.74, 6) is 2.40. The van der Waals surface area contributed by atoms with E-state index in [0.29, 0.717) is 17.6 Å². The van der Waals surface area contributed by atoms with Crippen molar-refractivity contribution in [3.05, 3.63) is 30.2 Å². The normalized spacial score (nSPS) is 22.6. The molecule has 0 amide bonds. The lowest BCUT2D eigenvalue weighted by atomic mass is 10.1. The van der Waals surface area contributed by atoms with E-state index in [1.54, 1.807) is 7.11 Å². The number of nitrogens with two attached hydrogens (primary N) is 1. The first kappa shape index (κ1) is 12.2. The quantitative estimate of drug-likeness (QED) is 0.915. The van der Waals surface area contributed by atoms with Crippen LogP contribution < -0.4 is 10.5 Å². The Bertz CT molecular complexity index is 567. The maximum atomic E-state index is 5.91. The average Bonchev–Trinajstić information content (AvgIpc) is 3.07. The van der Waals surface area contributed by atoms with Gasteiger partial charge >= 0.3 is 0 Å². The van der Waals surface area contributed by atoms with E-state index in [1.165, 1.54) is 0 Å². The van der Waals surface area contributed by atoms with Crippen molar-refractivity contribution in [2.75, 3.05) is 7.11 Å². The van der Waals surface area contributed by atoms with Gasteiger partial charge in [0, 0.05) is 17.5 Å². The maximum Gasteiger partial charge on any atom is 0.230 e. The van der Waals surface area contributed by atoms with Crippen LogP contribution in [-0.4, -0.2) is 23.3 Å². The summed E-state index contributed by atoms with van der Waals surface area (Å²) in [6.07, 6.45) is 2.99. The van der Waals surface area contributed by atoms with Gasteiger partial charge in [0.15, 0.2) is 0 Å². The third-order valence-electron chi connectivity index (χ3n) is 3.59. The van der Waals surface area contributed by atoms with Crippen molar-refractivity contribution < 1.29 is 9.26 Å². The van der Waals surface area contributed by atoms with Crippen LogP contribution in [0.1, 0.15) is 31.1 Å². The monoisotopic (exact) mass is 259 g/mol. The minimum Gasteiger partial charge on any atom is -0.497 e. The van der Waals surface area contributed by atoms with E-state index < -0.39 is 0 Å². The molecule has 2 unspecified atom stereocenters. The van der Waals surface area contributed by atoms with Crippen molar-refractivity contribution in [1.82, 2.24) is 10.1 Å². The molecule has 1 saturated carbocycles. The Kier molecular flexibility index (Phi) is 3.21. The van der Waals surface area contributed by atoms with Crippen LogP contribution in [0.2, 0.25) is 0 Å².